The Hall–Kier alpha value is -1.89. The summed E-state index contributed by atoms with van der Waals surface area (Å²) < 4.78 is 87.7. The van der Waals surface area contributed by atoms with Crippen molar-refractivity contribution in [2.24, 2.45) is 0 Å². The molecule has 38 heavy (non-hydrogen) atoms. The van der Waals surface area contributed by atoms with Crippen LogP contribution in [0.25, 0.3) is 0 Å². The molecular weight excluding hydrogens is 588 g/mol. The molecule has 5 atom stereocenters. The first kappa shape index (κ1) is 32.3. The second kappa shape index (κ2) is 13.0. The number of aliphatic hydroxyl groups is 1. The number of allylic oxidation sites excluding steroid dienone is 6. The van der Waals surface area contributed by atoms with Crippen molar-refractivity contribution in [3.63, 3.8) is 0 Å². The van der Waals surface area contributed by atoms with E-state index in [9.17, 15) is 41.7 Å². The van der Waals surface area contributed by atoms with Crippen LogP contribution in [0.15, 0.2) is 47.6 Å². The zero-order chi connectivity index (χ0) is 28.8. The minimum atomic E-state index is -5.70. The Bertz CT molecular complexity index is 1230. The third-order valence-electron chi connectivity index (χ3n) is 4.37. The van der Waals surface area contributed by atoms with Gasteiger partial charge in [-0.05, 0) is 17.7 Å². The van der Waals surface area contributed by atoms with E-state index in [0.717, 1.165) is 0 Å². The van der Waals surface area contributed by atoms with E-state index in [1.807, 2.05) is 0 Å². The van der Waals surface area contributed by atoms with Crippen LogP contribution >= 0.6 is 23.5 Å². The van der Waals surface area contributed by atoms with Gasteiger partial charge in [0.25, 0.3) is 0 Å². The lowest BCUT2D eigenvalue weighted by atomic mass is 10.0. The number of carbonyl (C=O) groups is 1. The summed E-state index contributed by atoms with van der Waals surface area (Å²) in [4.78, 5) is 46.5. The van der Waals surface area contributed by atoms with Gasteiger partial charge in [-0.1, -0.05) is 36.1 Å². The number of aliphatic hydroxyl groups excluding tert-OH is 1. The highest BCUT2D eigenvalue weighted by Gasteiger charge is 2.43. The molecule has 1 amide bonds. The molecule has 0 aromatic rings. The molecule has 1 aliphatic carbocycles. The lowest BCUT2D eigenvalue weighted by Gasteiger charge is -2.19. The van der Waals surface area contributed by atoms with E-state index in [-0.39, 0.29) is 6.42 Å². The first-order valence-corrected chi connectivity index (χ1v) is 14.6. The maximum absolute atomic E-state index is 12.2. The van der Waals surface area contributed by atoms with Gasteiger partial charge in [-0.15, -0.1) is 0 Å². The summed E-state index contributed by atoms with van der Waals surface area (Å²) in [5.41, 5.74) is 0.842. The van der Waals surface area contributed by atoms with Crippen LogP contribution in [-0.4, -0.2) is 68.2 Å². The molecule has 2 rings (SSSR count). The fraction of sp³-hybridized carbons (Fsp3) is 0.389. The highest BCUT2D eigenvalue weighted by atomic mass is 31.3. The third kappa shape index (κ3) is 11.5. The molecule has 14 nitrogen and oxygen atoms in total. The van der Waals surface area contributed by atoms with Crippen LogP contribution in [0.1, 0.15) is 6.42 Å². The van der Waals surface area contributed by atoms with Crippen molar-refractivity contribution in [1.29, 1.82) is 0 Å². The maximum atomic E-state index is 12.2. The van der Waals surface area contributed by atoms with Crippen molar-refractivity contribution in [1.82, 2.24) is 5.32 Å². The maximum Gasteiger partial charge on any atom is 0.490 e. The molecule has 0 bridgehead atoms. The highest BCUT2D eigenvalue weighted by molar-refractivity contribution is 7.66. The quantitative estimate of drug-likeness (QED) is 0.162. The van der Waals surface area contributed by atoms with Gasteiger partial charge >= 0.3 is 35.6 Å². The lowest BCUT2D eigenvalue weighted by Crippen LogP contribution is -2.36. The van der Waals surface area contributed by atoms with Crippen molar-refractivity contribution in [2.45, 2.75) is 30.9 Å². The van der Waals surface area contributed by atoms with Gasteiger partial charge in [0.2, 0.25) is 0 Å². The van der Waals surface area contributed by atoms with Gasteiger partial charge in [0, 0.05) is 12.0 Å². The van der Waals surface area contributed by atoms with Gasteiger partial charge in [0.05, 0.1) is 25.4 Å². The number of halogens is 3. The average Bonchev–Trinajstić information content (AvgIpc) is 3.08. The number of rotatable bonds is 9. The Labute approximate surface area is 212 Å². The normalized spacial score (nSPS) is 29.5. The molecule has 2 unspecified atom stereocenters. The monoisotopic (exact) mass is 609 g/mol. The predicted octanol–water partition coefficient (Wildman–Crippen LogP) is 1.51. The Morgan fingerprint density at radius 3 is 2.37 bits per heavy atom. The molecule has 1 aliphatic heterocycles. The molecule has 1 saturated heterocycles. The number of alkyl halides is 3. The highest BCUT2D eigenvalue weighted by Crippen LogP contribution is 2.66. The molecular formula is C18H21F3NO13P3. The number of carbonyl (C=O) groups excluding carboxylic acids is 1. The van der Waals surface area contributed by atoms with Crippen LogP contribution in [0.4, 0.5) is 13.2 Å². The fourth-order valence-electron chi connectivity index (χ4n) is 2.86. The zero-order valence-corrected chi connectivity index (χ0v) is 21.5. The van der Waals surface area contributed by atoms with Gasteiger partial charge in [0.15, 0.2) is 0 Å². The topological polar surface area (TPSA) is 218 Å². The van der Waals surface area contributed by atoms with E-state index < -0.39 is 67.0 Å². The number of nitrogens with one attached hydrogen (secondary N) is 1. The summed E-state index contributed by atoms with van der Waals surface area (Å²) in [5.74, 6) is 2.82. The molecule has 6 N–H and O–H groups in total. The molecule has 212 valence electrons. The first-order valence-electron chi connectivity index (χ1n) is 10.1. The number of phosphoric acid groups is 3. The molecule has 0 saturated carbocycles. The van der Waals surface area contributed by atoms with E-state index >= 15 is 0 Å². The number of hydrogen-bond acceptors (Lipinski definition) is 9. The SMILES string of the molecule is O=C(NCC#CC1=C/C=C\C=C([C@H]2C[C@@H](O)[C@@H](COP(=O)(O)OP(=O)(O)OP(=O)(O)O)O2)/C=C\1)C(F)(F)F. The van der Waals surface area contributed by atoms with E-state index in [1.165, 1.54) is 18.2 Å². The van der Waals surface area contributed by atoms with Gasteiger partial charge in [-0.3, -0.25) is 9.32 Å². The van der Waals surface area contributed by atoms with Crippen molar-refractivity contribution in [3.8, 4) is 11.8 Å². The molecule has 1 heterocycles. The Morgan fingerprint density at radius 1 is 1.08 bits per heavy atom. The standard InChI is InChI=1S/C18H21F3NO13P3/c19-18(20,21)17(24)22-9-3-5-12-4-1-2-6-13(8-7-12)15-10-14(23)16(33-15)11-32-37(28,29)35-38(30,31)34-36(25,26)27/h1-2,4,6-8,14-16,23H,9-11H2,(H,22,24)(H,28,29)(H,30,31)(H2,25,26,27)/b2-1-,4-1?,6-2?,8-7-,12-4-,12-7?,13-6+,13-8?/t14-,15-,16-/m1/s1. The van der Waals surface area contributed by atoms with Crippen LogP contribution in [-0.2, 0) is 36.4 Å². The van der Waals surface area contributed by atoms with E-state index in [2.05, 4.69) is 25.0 Å². The van der Waals surface area contributed by atoms with Crippen LogP contribution in [0.5, 0.6) is 0 Å². The fourth-order valence-corrected chi connectivity index (χ4v) is 5.89. The summed E-state index contributed by atoms with van der Waals surface area (Å²) in [5, 5.41) is 11.8. The number of ether oxygens (including phenoxy) is 1. The Kier molecular flexibility index (Phi) is 11.0. The minimum absolute atomic E-state index is 0.0252. The minimum Gasteiger partial charge on any atom is -0.390 e. The zero-order valence-electron chi connectivity index (χ0n) is 18.8. The molecule has 20 heteroatoms. The van der Waals surface area contributed by atoms with Gasteiger partial charge in [0.1, 0.15) is 6.10 Å². The molecule has 2 aliphatic rings. The summed E-state index contributed by atoms with van der Waals surface area (Å²) >= 11 is 0. The summed E-state index contributed by atoms with van der Waals surface area (Å²) in [6.07, 6.45) is 0.969. The third-order valence-corrected chi connectivity index (χ3v) is 8.17. The van der Waals surface area contributed by atoms with Gasteiger partial charge < -0.3 is 34.7 Å². The number of hydrogen-bond donors (Lipinski definition) is 6. The van der Waals surface area contributed by atoms with Crippen LogP contribution in [0.3, 0.4) is 0 Å². The molecule has 0 spiro atoms. The molecule has 0 aromatic carbocycles. The second-order valence-corrected chi connectivity index (χ2v) is 11.8. The summed E-state index contributed by atoms with van der Waals surface area (Å²) in [6, 6.07) is 0. The van der Waals surface area contributed by atoms with Gasteiger partial charge in [-0.25, -0.2) is 13.7 Å². The molecule has 0 aromatic heterocycles. The summed E-state index contributed by atoms with van der Waals surface area (Å²) in [6.45, 7) is -1.39. The van der Waals surface area contributed by atoms with Gasteiger partial charge in [-0.2, -0.15) is 21.8 Å². The lowest BCUT2D eigenvalue weighted by molar-refractivity contribution is -0.173. The molecule has 0 radical (unpaired) electrons. The van der Waals surface area contributed by atoms with E-state index in [4.69, 9.17) is 19.4 Å². The van der Waals surface area contributed by atoms with E-state index in [1.54, 1.807) is 23.5 Å². The van der Waals surface area contributed by atoms with Crippen molar-refractivity contribution in [2.75, 3.05) is 13.2 Å². The number of amides is 1. The Balaban J connectivity index is 1.95. The smallest absolute Gasteiger partial charge is 0.390 e. The van der Waals surface area contributed by atoms with Crippen LogP contribution in [0.2, 0.25) is 0 Å². The Morgan fingerprint density at radius 2 is 1.74 bits per heavy atom. The average molecular weight is 609 g/mol. The first-order chi connectivity index (χ1) is 17.4. The van der Waals surface area contributed by atoms with Crippen molar-refractivity contribution < 1.29 is 74.2 Å². The van der Waals surface area contributed by atoms with Crippen molar-refractivity contribution in [3.05, 3.63) is 47.6 Å². The van der Waals surface area contributed by atoms with Crippen molar-refractivity contribution >= 4 is 29.4 Å². The molecule has 1 fully saturated rings. The largest absolute Gasteiger partial charge is 0.490 e. The summed E-state index contributed by atoms with van der Waals surface area (Å²) in [7, 11) is -16.7. The van der Waals surface area contributed by atoms with Crippen LogP contribution < -0.4 is 5.32 Å². The number of phosphoric ester groups is 1. The predicted molar refractivity (Wildman–Crippen MR) is 120 cm³/mol. The van der Waals surface area contributed by atoms with Crippen LogP contribution in [0, 0.1) is 11.8 Å². The second-order valence-electron chi connectivity index (χ2n) is 7.34. The van der Waals surface area contributed by atoms with E-state index in [0.29, 0.717) is 11.1 Å².